The Balaban J connectivity index is 1.50. The van der Waals surface area contributed by atoms with Crippen molar-refractivity contribution in [1.82, 2.24) is 10.2 Å². The van der Waals surface area contributed by atoms with Gasteiger partial charge in [0.1, 0.15) is 5.82 Å². The molecule has 4 nitrogen and oxygen atoms in total. The van der Waals surface area contributed by atoms with E-state index in [4.69, 9.17) is 4.74 Å². The van der Waals surface area contributed by atoms with Crippen LogP contribution < -0.4 is 5.32 Å². The van der Waals surface area contributed by atoms with Gasteiger partial charge in [0.05, 0.1) is 5.92 Å². The summed E-state index contributed by atoms with van der Waals surface area (Å²) >= 11 is 0. The van der Waals surface area contributed by atoms with Crippen molar-refractivity contribution in [2.24, 2.45) is 5.92 Å². The number of carbonyl (C=O) groups excluding carboxylic acids is 1. The number of nitrogens with one attached hydrogen (secondary N) is 1. The third-order valence-corrected chi connectivity index (χ3v) is 4.76. The zero-order chi connectivity index (χ0) is 16.1. The number of amides is 1. The molecule has 1 atom stereocenters. The molecule has 2 saturated heterocycles. The summed E-state index contributed by atoms with van der Waals surface area (Å²) in [6.07, 6.45) is 3.82. The summed E-state index contributed by atoms with van der Waals surface area (Å²) in [5.74, 6) is 0.0360. The predicted octanol–water partition coefficient (Wildman–Crippen LogP) is 2.33. The molecule has 0 spiro atoms. The Labute approximate surface area is 137 Å². The van der Waals surface area contributed by atoms with Crippen molar-refractivity contribution in [3.8, 4) is 0 Å². The second kappa shape index (κ2) is 7.88. The Kier molecular flexibility index (Phi) is 5.62. The fraction of sp³-hybridized carbons (Fsp3) is 0.611. The quantitative estimate of drug-likeness (QED) is 0.926. The molecule has 2 fully saturated rings. The van der Waals surface area contributed by atoms with E-state index in [0.717, 1.165) is 64.1 Å². The van der Waals surface area contributed by atoms with Gasteiger partial charge in [-0.1, -0.05) is 12.1 Å². The maximum absolute atomic E-state index is 13.0. The second-order valence-corrected chi connectivity index (χ2v) is 6.60. The van der Waals surface area contributed by atoms with E-state index < -0.39 is 0 Å². The smallest absolute Gasteiger partial charge is 0.224 e. The number of hydrogen-bond donors (Lipinski definition) is 1. The minimum Gasteiger partial charge on any atom is -0.381 e. The lowest BCUT2D eigenvalue weighted by Gasteiger charge is -2.33. The van der Waals surface area contributed by atoms with Crippen LogP contribution in [0.2, 0.25) is 0 Å². The molecule has 3 rings (SSSR count). The van der Waals surface area contributed by atoms with Crippen LogP contribution in [0.1, 0.15) is 31.2 Å². The average molecular weight is 320 g/mol. The summed E-state index contributed by atoms with van der Waals surface area (Å²) in [7, 11) is 0. The SMILES string of the molecule is O=C(NC1CCOCC1)C1CCCN(Cc2ccc(F)cc2)C1. The van der Waals surface area contributed by atoms with Gasteiger partial charge >= 0.3 is 0 Å². The molecule has 0 aliphatic carbocycles. The number of ether oxygens (including phenoxy) is 1. The molecule has 0 radical (unpaired) electrons. The van der Waals surface area contributed by atoms with Crippen LogP contribution >= 0.6 is 0 Å². The predicted molar refractivity (Wildman–Crippen MR) is 86.4 cm³/mol. The molecule has 1 aromatic carbocycles. The zero-order valence-electron chi connectivity index (χ0n) is 13.5. The van der Waals surface area contributed by atoms with Crippen LogP contribution in [0.4, 0.5) is 4.39 Å². The summed E-state index contributed by atoms with van der Waals surface area (Å²) in [6, 6.07) is 6.90. The highest BCUT2D eigenvalue weighted by molar-refractivity contribution is 5.79. The van der Waals surface area contributed by atoms with E-state index in [1.54, 1.807) is 0 Å². The molecule has 1 amide bonds. The van der Waals surface area contributed by atoms with E-state index in [0.29, 0.717) is 0 Å². The highest BCUT2D eigenvalue weighted by atomic mass is 19.1. The molecule has 0 bridgehead atoms. The Morgan fingerprint density at radius 2 is 1.96 bits per heavy atom. The van der Waals surface area contributed by atoms with Crippen LogP contribution in [0.15, 0.2) is 24.3 Å². The number of halogens is 1. The molecule has 0 saturated carbocycles. The maximum Gasteiger partial charge on any atom is 0.224 e. The van der Waals surface area contributed by atoms with Gasteiger partial charge in [-0.25, -0.2) is 4.39 Å². The summed E-state index contributed by atoms with van der Waals surface area (Å²) < 4.78 is 18.3. The molecular weight excluding hydrogens is 295 g/mol. The maximum atomic E-state index is 13.0. The van der Waals surface area contributed by atoms with E-state index in [-0.39, 0.29) is 23.7 Å². The lowest BCUT2D eigenvalue weighted by Crippen LogP contribution is -2.47. The molecule has 2 heterocycles. The van der Waals surface area contributed by atoms with E-state index in [9.17, 15) is 9.18 Å². The molecular formula is C18H25FN2O2. The van der Waals surface area contributed by atoms with Gasteiger partial charge in [-0.3, -0.25) is 9.69 Å². The lowest BCUT2D eigenvalue weighted by atomic mass is 9.95. The van der Waals surface area contributed by atoms with Crippen LogP contribution in [-0.2, 0) is 16.1 Å². The summed E-state index contributed by atoms with van der Waals surface area (Å²) in [4.78, 5) is 14.8. The zero-order valence-corrected chi connectivity index (χ0v) is 13.5. The fourth-order valence-corrected chi connectivity index (χ4v) is 3.42. The number of nitrogens with zero attached hydrogens (tertiary/aromatic N) is 1. The highest BCUT2D eigenvalue weighted by Gasteiger charge is 2.27. The molecule has 2 aliphatic rings. The average Bonchev–Trinajstić information content (AvgIpc) is 2.58. The van der Waals surface area contributed by atoms with Gasteiger partial charge in [-0.2, -0.15) is 0 Å². The number of piperidine rings is 1. The fourth-order valence-electron chi connectivity index (χ4n) is 3.42. The topological polar surface area (TPSA) is 41.6 Å². The van der Waals surface area contributed by atoms with Crippen LogP contribution in [0, 0.1) is 11.7 Å². The first-order valence-electron chi connectivity index (χ1n) is 8.55. The first kappa shape index (κ1) is 16.4. The van der Waals surface area contributed by atoms with Gasteiger partial charge in [0.15, 0.2) is 0 Å². The number of benzene rings is 1. The Hall–Kier alpha value is -1.46. The number of hydrogen-bond acceptors (Lipinski definition) is 3. The van der Waals surface area contributed by atoms with Crippen LogP contribution in [0.25, 0.3) is 0 Å². The monoisotopic (exact) mass is 320 g/mol. The lowest BCUT2D eigenvalue weighted by molar-refractivity contribution is -0.128. The van der Waals surface area contributed by atoms with Gasteiger partial charge < -0.3 is 10.1 Å². The van der Waals surface area contributed by atoms with Crippen molar-refractivity contribution in [2.45, 2.75) is 38.3 Å². The van der Waals surface area contributed by atoms with Gasteiger partial charge in [-0.05, 0) is 49.9 Å². The third-order valence-electron chi connectivity index (χ3n) is 4.76. The number of likely N-dealkylation sites (tertiary alicyclic amines) is 1. The molecule has 0 aromatic heterocycles. The highest BCUT2D eigenvalue weighted by Crippen LogP contribution is 2.20. The minimum atomic E-state index is -0.207. The summed E-state index contributed by atoms with van der Waals surface area (Å²) in [5.41, 5.74) is 1.09. The van der Waals surface area contributed by atoms with Crippen LogP contribution in [-0.4, -0.2) is 43.2 Å². The minimum absolute atomic E-state index is 0.0621. The summed E-state index contributed by atoms with van der Waals surface area (Å²) in [6.45, 7) is 4.05. The number of carbonyl (C=O) groups is 1. The molecule has 5 heteroatoms. The van der Waals surface area contributed by atoms with E-state index >= 15 is 0 Å². The van der Waals surface area contributed by atoms with Crippen molar-refractivity contribution in [3.05, 3.63) is 35.6 Å². The van der Waals surface area contributed by atoms with Crippen molar-refractivity contribution in [1.29, 1.82) is 0 Å². The third kappa shape index (κ3) is 4.75. The molecule has 1 N–H and O–H groups in total. The van der Waals surface area contributed by atoms with Crippen molar-refractivity contribution >= 4 is 5.91 Å². The second-order valence-electron chi connectivity index (χ2n) is 6.60. The molecule has 1 unspecified atom stereocenters. The van der Waals surface area contributed by atoms with Gasteiger partial charge in [-0.15, -0.1) is 0 Å². The standard InChI is InChI=1S/C18H25FN2O2/c19-16-5-3-14(4-6-16)12-21-9-1-2-15(13-21)18(22)20-17-7-10-23-11-8-17/h3-6,15,17H,1-2,7-13H2,(H,20,22). The van der Waals surface area contributed by atoms with Crippen LogP contribution in [0.5, 0.6) is 0 Å². The van der Waals surface area contributed by atoms with E-state index in [2.05, 4.69) is 10.2 Å². The Bertz CT molecular complexity index is 514. The molecule has 2 aliphatic heterocycles. The first-order chi connectivity index (χ1) is 11.2. The first-order valence-corrected chi connectivity index (χ1v) is 8.55. The molecule has 23 heavy (non-hydrogen) atoms. The molecule has 1 aromatic rings. The van der Waals surface area contributed by atoms with Gasteiger partial charge in [0.25, 0.3) is 0 Å². The van der Waals surface area contributed by atoms with E-state index in [1.807, 2.05) is 12.1 Å². The largest absolute Gasteiger partial charge is 0.381 e. The van der Waals surface area contributed by atoms with E-state index in [1.165, 1.54) is 12.1 Å². The van der Waals surface area contributed by atoms with Gasteiger partial charge in [0.2, 0.25) is 5.91 Å². The Morgan fingerprint density at radius 1 is 1.22 bits per heavy atom. The van der Waals surface area contributed by atoms with Gasteiger partial charge in [0, 0.05) is 32.3 Å². The normalized spacial score (nSPS) is 23.6. The van der Waals surface area contributed by atoms with Crippen molar-refractivity contribution in [3.63, 3.8) is 0 Å². The summed E-state index contributed by atoms with van der Waals surface area (Å²) in [5, 5.41) is 3.19. The van der Waals surface area contributed by atoms with Crippen LogP contribution in [0.3, 0.4) is 0 Å². The van der Waals surface area contributed by atoms with Crippen molar-refractivity contribution < 1.29 is 13.9 Å². The Morgan fingerprint density at radius 3 is 2.70 bits per heavy atom. The molecule has 126 valence electrons. The van der Waals surface area contributed by atoms with Crippen molar-refractivity contribution in [2.75, 3.05) is 26.3 Å². The number of rotatable bonds is 4.